The second-order valence-electron chi connectivity index (χ2n) is 3.56. The van der Waals surface area contributed by atoms with Gasteiger partial charge in [-0.15, -0.1) is 0 Å². The molecule has 17 heavy (non-hydrogen) atoms. The van der Waals surface area contributed by atoms with Gasteiger partial charge in [-0.3, -0.25) is 0 Å². The normalized spacial score (nSPS) is 11.2. The van der Waals surface area contributed by atoms with Crippen molar-refractivity contribution in [3.05, 3.63) is 53.6 Å². The minimum absolute atomic E-state index is 0.548. The Morgan fingerprint density at radius 3 is 2.59 bits per heavy atom. The smallest absolute Gasteiger partial charge is 0.127 e. The fourth-order valence-corrected chi connectivity index (χ4v) is 2.02. The Morgan fingerprint density at radius 1 is 1.06 bits per heavy atom. The Labute approximate surface area is 111 Å². The maximum Gasteiger partial charge on any atom is 0.127 e. The predicted molar refractivity (Wildman–Crippen MR) is 77.4 cm³/mol. The van der Waals surface area contributed by atoms with Gasteiger partial charge in [0, 0.05) is 21.5 Å². The number of rotatable bonds is 4. The van der Waals surface area contributed by atoms with Gasteiger partial charge < -0.3 is 4.74 Å². The molecular formula is C14H13ClOS. The van der Waals surface area contributed by atoms with Gasteiger partial charge in [0.25, 0.3) is 0 Å². The Bertz CT molecular complexity index is 537. The molecule has 0 heterocycles. The van der Waals surface area contributed by atoms with Gasteiger partial charge in [-0.25, -0.2) is 0 Å². The summed E-state index contributed by atoms with van der Waals surface area (Å²) >= 11 is 10.2. The first-order chi connectivity index (χ1) is 8.33. The molecule has 0 spiro atoms. The van der Waals surface area contributed by atoms with E-state index < -0.39 is 0 Å². The summed E-state index contributed by atoms with van der Waals surface area (Å²) < 4.78 is 5.70. The van der Waals surface area contributed by atoms with Crippen molar-refractivity contribution in [3.63, 3.8) is 0 Å². The number of thiol groups is 1. The van der Waals surface area contributed by atoms with E-state index in [9.17, 15) is 0 Å². The minimum atomic E-state index is 0.548. The van der Waals surface area contributed by atoms with Gasteiger partial charge in [-0.05, 0) is 12.1 Å². The second-order valence-corrected chi connectivity index (χ2v) is 4.33. The molecule has 0 aliphatic rings. The van der Waals surface area contributed by atoms with E-state index in [0.717, 1.165) is 27.3 Å². The molecule has 0 unspecified atom stereocenters. The van der Waals surface area contributed by atoms with Gasteiger partial charge in [0.1, 0.15) is 12.4 Å². The van der Waals surface area contributed by atoms with E-state index in [1.807, 2.05) is 48.6 Å². The zero-order valence-corrected chi connectivity index (χ0v) is 10.9. The molecule has 1 nitrogen and oxygen atoms in total. The van der Waals surface area contributed by atoms with Crippen LogP contribution < -0.4 is 4.74 Å². The molecule has 0 bridgehead atoms. The molecule has 2 rings (SSSR count). The Balaban J connectivity index is 2.28. The number of halogens is 1. The molecule has 0 atom stereocenters. The molecule has 0 N–H and O–H groups in total. The lowest BCUT2D eigenvalue weighted by atomic mass is 10.1. The van der Waals surface area contributed by atoms with Crippen LogP contribution in [0.4, 0.5) is 0 Å². The van der Waals surface area contributed by atoms with Crippen molar-refractivity contribution in [2.24, 2.45) is 0 Å². The Hall–Kier alpha value is -1.12. The van der Waals surface area contributed by atoms with E-state index in [4.69, 9.17) is 16.3 Å². The zero-order chi connectivity index (χ0) is 12.1. The first-order valence-electron chi connectivity index (χ1n) is 5.39. The fraction of sp³-hybridized carbons (Fsp3) is 0.143. The second kappa shape index (κ2) is 5.99. The number of benzene rings is 2. The highest BCUT2D eigenvalue weighted by Gasteiger charge is 2.04. The number of hydrogen-bond acceptors (Lipinski definition) is 2. The van der Waals surface area contributed by atoms with Gasteiger partial charge in [-0.1, -0.05) is 48.0 Å². The summed E-state index contributed by atoms with van der Waals surface area (Å²) in [6.45, 7) is 0.548. The van der Waals surface area contributed by atoms with Gasteiger partial charge >= 0.3 is 0 Å². The third-order valence-corrected chi connectivity index (χ3v) is 2.98. The van der Waals surface area contributed by atoms with E-state index in [1.54, 1.807) is 0 Å². The average molecular weight is 265 g/mol. The molecular weight excluding hydrogens is 252 g/mol. The molecule has 0 saturated carbocycles. The molecule has 2 aromatic rings. The van der Waals surface area contributed by atoms with E-state index in [2.05, 4.69) is 12.6 Å². The van der Waals surface area contributed by atoms with Gasteiger partial charge in [0.05, 0.1) is 0 Å². The van der Waals surface area contributed by atoms with Crippen LogP contribution in [0.1, 0.15) is 0 Å². The highest BCUT2D eigenvalue weighted by atomic mass is 35.5. The summed E-state index contributed by atoms with van der Waals surface area (Å²) in [4.78, 5) is 0. The predicted octanol–water partition coefficient (Wildman–Crippen LogP) is 4.36. The SMILES string of the molecule is SCC=CCOc1ccc(Cl)c2ccccc12. The first kappa shape index (κ1) is 12.3. The molecule has 0 amide bonds. The average Bonchev–Trinajstić information content (AvgIpc) is 2.37. The molecule has 0 aliphatic carbocycles. The Kier molecular flexibility index (Phi) is 4.35. The number of ether oxygens (including phenoxy) is 1. The van der Waals surface area contributed by atoms with Crippen LogP contribution in [0.5, 0.6) is 5.75 Å². The highest BCUT2D eigenvalue weighted by molar-refractivity contribution is 7.80. The van der Waals surface area contributed by atoms with Crippen LogP contribution in [0.3, 0.4) is 0 Å². The Morgan fingerprint density at radius 2 is 1.82 bits per heavy atom. The molecule has 0 aliphatic heterocycles. The standard InChI is InChI=1S/C14H13ClOS/c15-13-7-8-14(16-9-3-4-10-17)12-6-2-1-5-11(12)13/h1-8,17H,9-10H2. The van der Waals surface area contributed by atoms with Gasteiger partial charge in [-0.2, -0.15) is 12.6 Å². The van der Waals surface area contributed by atoms with E-state index in [-0.39, 0.29) is 0 Å². The van der Waals surface area contributed by atoms with Crippen LogP contribution in [0.25, 0.3) is 10.8 Å². The third kappa shape index (κ3) is 2.96. The molecule has 88 valence electrons. The van der Waals surface area contributed by atoms with Crippen LogP contribution in [-0.4, -0.2) is 12.4 Å². The van der Waals surface area contributed by atoms with Crippen LogP contribution in [0, 0.1) is 0 Å². The summed E-state index contributed by atoms with van der Waals surface area (Å²) in [7, 11) is 0. The van der Waals surface area contributed by atoms with Crippen LogP contribution in [0.2, 0.25) is 5.02 Å². The lowest BCUT2D eigenvalue weighted by Crippen LogP contribution is -1.94. The molecule has 0 saturated heterocycles. The topological polar surface area (TPSA) is 9.23 Å². The van der Waals surface area contributed by atoms with Gasteiger partial charge in [0.15, 0.2) is 0 Å². The van der Waals surface area contributed by atoms with E-state index >= 15 is 0 Å². The van der Waals surface area contributed by atoms with Crippen molar-refractivity contribution in [1.29, 1.82) is 0 Å². The highest BCUT2D eigenvalue weighted by Crippen LogP contribution is 2.31. The van der Waals surface area contributed by atoms with Crippen molar-refractivity contribution in [3.8, 4) is 5.75 Å². The van der Waals surface area contributed by atoms with Crippen molar-refractivity contribution in [1.82, 2.24) is 0 Å². The minimum Gasteiger partial charge on any atom is -0.489 e. The molecule has 3 heteroatoms. The summed E-state index contributed by atoms with van der Waals surface area (Å²) in [6.07, 6.45) is 3.91. The largest absolute Gasteiger partial charge is 0.489 e. The van der Waals surface area contributed by atoms with E-state index in [0.29, 0.717) is 6.61 Å². The monoisotopic (exact) mass is 264 g/mol. The molecule has 0 fully saturated rings. The summed E-state index contributed by atoms with van der Waals surface area (Å²) in [5, 5.41) is 2.81. The van der Waals surface area contributed by atoms with Crippen molar-refractivity contribution < 1.29 is 4.74 Å². The van der Waals surface area contributed by atoms with Crippen LogP contribution >= 0.6 is 24.2 Å². The molecule has 0 radical (unpaired) electrons. The van der Waals surface area contributed by atoms with Crippen molar-refractivity contribution in [2.45, 2.75) is 0 Å². The molecule has 0 aromatic heterocycles. The van der Waals surface area contributed by atoms with Crippen molar-refractivity contribution in [2.75, 3.05) is 12.4 Å². The maximum absolute atomic E-state index is 6.13. The third-order valence-electron chi connectivity index (χ3n) is 2.44. The fourth-order valence-electron chi connectivity index (χ4n) is 1.64. The van der Waals surface area contributed by atoms with Crippen molar-refractivity contribution >= 4 is 35.0 Å². The van der Waals surface area contributed by atoms with E-state index in [1.165, 1.54) is 0 Å². The molecule has 2 aromatic carbocycles. The first-order valence-corrected chi connectivity index (χ1v) is 6.40. The summed E-state index contributed by atoms with van der Waals surface area (Å²) in [5.74, 6) is 1.58. The lowest BCUT2D eigenvalue weighted by molar-refractivity contribution is 0.367. The quantitative estimate of drug-likeness (QED) is 0.638. The van der Waals surface area contributed by atoms with Crippen LogP contribution in [-0.2, 0) is 0 Å². The van der Waals surface area contributed by atoms with Gasteiger partial charge in [0.2, 0.25) is 0 Å². The zero-order valence-electron chi connectivity index (χ0n) is 9.27. The summed E-state index contributed by atoms with van der Waals surface area (Å²) in [5.41, 5.74) is 0. The van der Waals surface area contributed by atoms with Crippen LogP contribution in [0.15, 0.2) is 48.6 Å². The maximum atomic E-state index is 6.13. The number of fused-ring (bicyclic) bond motifs is 1. The number of hydrogen-bond donors (Lipinski definition) is 1. The summed E-state index contributed by atoms with van der Waals surface area (Å²) in [6, 6.07) is 11.7. The lowest BCUT2D eigenvalue weighted by Gasteiger charge is -2.08.